The van der Waals surface area contributed by atoms with Crippen LogP contribution in [0.25, 0.3) is 0 Å². The number of carbonyl (C=O) groups excluding carboxylic acids is 1. The number of carbonyl (C=O) groups is 1. The number of hydrogen-bond donors (Lipinski definition) is 3. The summed E-state index contributed by atoms with van der Waals surface area (Å²) in [5.41, 5.74) is 2.74. The monoisotopic (exact) mass is 384 g/mol. The molecule has 0 bridgehead atoms. The fraction of sp³-hybridized carbons (Fsp3) is 0.158. The van der Waals surface area contributed by atoms with E-state index >= 15 is 0 Å². The molecule has 0 radical (unpaired) electrons. The number of amides is 1. The Balaban J connectivity index is 1.81. The average Bonchev–Trinajstić information content (AvgIpc) is 3.14. The molecule has 7 nitrogen and oxygen atoms in total. The molecule has 0 aliphatic heterocycles. The molecule has 1 amide bonds. The number of sulfonamides is 1. The summed E-state index contributed by atoms with van der Waals surface area (Å²) in [6, 6.07) is 14.8. The summed E-state index contributed by atoms with van der Waals surface area (Å²) in [5.74, 6) is -0.369. The van der Waals surface area contributed by atoms with Gasteiger partial charge in [-0.2, -0.15) is 5.10 Å². The molecule has 140 valence electrons. The van der Waals surface area contributed by atoms with Gasteiger partial charge in [-0.1, -0.05) is 31.2 Å². The van der Waals surface area contributed by atoms with E-state index in [1.165, 1.54) is 12.1 Å². The van der Waals surface area contributed by atoms with Crippen molar-refractivity contribution in [2.45, 2.75) is 25.2 Å². The third-order valence-corrected chi connectivity index (χ3v) is 5.42. The van der Waals surface area contributed by atoms with Crippen LogP contribution in [-0.2, 0) is 16.4 Å². The number of aryl methyl sites for hydroxylation is 2. The molecular formula is C19H20N4O3S. The van der Waals surface area contributed by atoms with Crippen molar-refractivity contribution in [3.63, 3.8) is 0 Å². The molecule has 2 aromatic carbocycles. The van der Waals surface area contributed by atoms with Crippen LogP contribution in [0.3, 0.4) is 0 Å². The first-order chi connectivity index (χ1) is 12.9. The van der Waals surface area contributed by atoms with Crippen molar-refractivity contribution in [1.82, 2.24) is 10.2 Å². The van der Waals surface area contributed by atoms with Crippen molar-refractivity contribution in [3.8, 4) is 0 Å². The van der Waals surface area contributed by atoms with Gasteiger partial charge in [-0.15, -0.1) is 0 Å². The normalized spacial score (nSPS) is 11.2. The largest absolute Gasteiger partial charge is 0.321 e. The standard InChI is InChI=1S/C19H20N4O3S/c1-3-14-11-18(22-21-14)19(24)20-15-10-9-13(2)17(12-15)23-27(25,26)16-7-5-4-6-8-16/h4-12,23H,3H2,1-2H3,(H,20,24)(H,21,22). The lowest BCUT2D eigenvalue weighted by molar-refractivity contribution is 0.102. The SMILES string of the molecule is CCc1cc(C(=O)Nc2ccc(C)c(NS(=O)(=O)c3ccccc3)c2)n[nH]1. The molecule has 8 heteroatoms. The number of benzene rings is 2. The first-order valence-electron chi connectivity index (χ1n) is 8.43. The number of anilines is 2. The zero-order valence-corrected chi connectivity index (χ0v) is 15.8. The number of aromatic amines is 1. The summed E-state index contributed by atoms with van der Waals surface area (Å²) in [6.07, 6.45) is 0.746. The van der Waals surface area contributed by atoms with Crippen LogP contribution < -0.4 is 10.0 Å². The van der Waals surface area contributed by atoms with Gasteiger partial charge in [-0.05, 0) is 49.2 Å². The lowest BCUT2D eigenvalue weighted by Crippen LogP contribution is -2.15. The molecule has 1 heterocycles. The van der Waals surface area contributed by atoms with Crippen LogP contribution in [0, 0.1) is 6.92 Å². The number of aromatic nitrogens is 2. The summed E-state index contributed by atoms with van der Waals surface area (Å²) in [5, 5.41) is 9.50. The smallest absolute Gasteiger partial charge is 0.276 e. The second kappa shape index (κ2) is 7.63. The number of nitrogens with one attached hydrogen (secondary N) is 3. The maximum atomic E-state index is 12.5. The third-order valence-electron chi connectivity index (χ3n) is 4.04. The third kappa shape index (κ3) is 4.35. The van der Waals surface area contributed by atoms with E-state index in [0.717, 1.165) is 17.7 Å². The Bertz CT molecular complexity index is 1060. The predicted octanol–water partition coefficient (Wildman–Crippen LogP) is 3.33. The highest BCUT2D eigenvalue weighted by Gasteiger charge is 2.16. The van der Waals surface area contributed by atoms with Crippen molar-refractivity contribution >= 4 is 27.3 Å². The van der Waals surface area contributed by atoms with Crippen LogP contribution >= 0.6 is 0 Å². The Morgan fingerprint density at radius 1 is 1.11 bits per heavy atom. The van der Waals surface area contributed by atoms with E-state index in [9.17, 15) is 13.2 Å². The second-order valence-corrected chi connectivity index (χ2v) is 7.72. The predicted molar refractivity (Wildman–Crippen MR) is 104 cm³/mol. The maximum absolute atomic E-state index is 12.5. The van der Waals surface area contributed by atoms with Crippen LogP contribution in [0.5, 0.6) is 0 Å². The minimum atomic E-state index is -3.71. The lowest BCUT2D eigenvalue weighted by Gasteiger charge is -2.12. The van der Waals surface area contributed by atoms with Crippen LogP contribution in [0.2, 0.25) is 0 Å². The lowest BCUT2D eigenvalue weighted by atomic mass is 10.2. The van der Waals surface area contributed by atoms with Crippen LogP contribution in [0.15, 0.2) is 59.5 Å². The van der Waals surface area contributed by atoms with Crippen molar-refractivity contribution in [1.29, 1.82) is 0 Å². The quantitative estimate of drug-likeness (QED) is 0.606. The minimum Gasteiger partial charge on any atom is -0.321 e. The first kappa shape index (κ1) is 18.7. The molecule has 0 aliphatic rings. The molecule has 3 N–H and O–H groups in total. The number of H-pyrrole nitrogens is 1. The molecule has 3 rings (SSSR count). The van der Waals surface area contributed by atoms with E-state index in [-0.39, 0.29) is 16.5 Å². The van der Waals surface area contributed by atoms with Crippen molar-refractivity contribution in [2.75, 3.05) is 10.0 Å². The Morgan fingerprint density at radius 3 is 2.52 bits per heavy atom. The van der Waals surface area contributed by atoms with Gasteiger partial charge in [0.15, 0.2) is 5.69 Å². The van der Waals surface area contributed by atoms with Gasteiger partial charge in [0.25, 0.3) is 15.9 Å². The van der Waals surface area contributed by atoms with Gasteiger partial charge >= 0.3 is 0 Å². The topological polar surface area (TPSA) is 104 Å². The summed E-state index contributed by atoms with van der Waals surface area (Å²) in [6.45, 7) is 3.75. The van der Waals surface area contributed by atoms with Gasteiger partial charge in [0.05, 0.1) is 10.6 Å². The summed E-state index contributed by atoms with van der Waals surface area (Å²) < 4.78 is 27.6. The highest BCUT2D eigenvalue weighted by Crippen LogP contribution is 2.24. The molecule has 0 atom stereocenters. The van der Waals surface area contributed by atoms with Crippen LogP contribution in [0.1, 0.15) is 28.7 Å². The van der Waals surface area contributed by atoms with E-state index in [4.69, 9.17) is 0 Å². The molecule has 0 spiro atoms. The zero-order valence-electron chi connectivity index (χ0n) is 15.0. The second-order valence-electron chi connectivity index (χ2n) is 6.03. The van der Waals surface area contributed by atoms with Gasteiger partial charge in [0.1, 0.15) is 0 Å². The highest BCUT2D eigenvalue weighted by molar-refractivity contribution is 7.92. The van der Waals surface area contributed by atoms with Gasteiger partial charge < -0.3 is 5.32 Å². The van der Waals surface area contributed by atoms with Crippen molar-refractivity contribution in [3.05, 3.63) is 71.5 Å². The fourth-order valence-electron chi connectivity index (χ4n) is 2.47. The Labute approximate surface area is 157 Å². The number of hydrogen-bond acceptors (Lipinski definition) is 4. The summed E-state index contributed by atoms with van der Waals surface area (Å²) in [4.78, 5) is 12.5. The molecule has 3 aromatic rings. The van der Waals surface area contributed by atoms with E-state index in [1.807, 2.05) is 6.92 Å². The van der Waals surface area contributed by atoms with Crippen LogP contribution in [-0.4, -0.2) is 24.5 Å². The maximum Gasteiger partial charge on any atom is 0.276 e. The fourth-order valence-corrected chi connectivity index (χ4v) is 3.61. The summed E-state index contributed by atoms with van der Waals surface area (Å²) in [7, 11) is -3.71. The average molecular weight is 384 g/mol. The molecule has 1 aromatic heterocycles. The van der Waals surface area contributed by atoms with Crippen molar-refractivity contribution in [2.24, 2.45) is 0 Å². The van der Waals surface area contributed by atoms with E-state index in [0.29, 0.717) is 11.4 Å². The van der Waals surface area contributed by atoms with Gasteiger partial charge in [-0.3, -0.25) is 14.6 Å². The number of rotatable bonds is 6. The molecule has 0 fully saturated rings. The van der Waals surface area contributed by atoms with Gasteiger partial charge in [-0.25, -0.2) is 8.42 Å². The van der Waals surface area contributed by atoms with E-state index in [1.54, 1.807) is 49.4 Å². The Kier molecular flexibility index (Phi) is 5.27. The molecule has 0 saturated carbocycles. The van der Waals surface area contributed by atoms with E-state index in [2.05, 4.69) is 20.2 Å². The Hall–Kier alpha value is -3.13. The summed E-state index contributed by atoms with van der Waals surface area (Å²) >= 11 is 0. The van der Waals surface area contributed by atoms with Gasteiger partial charge in [0.2, 0.25) is 0 Å². The van der Waals surface area contributed by atoms with Gasteiger partial charge in [0, 0.05) is 11.4 Å². The molecular weight excluding hydrogens is 364 g/mol. The zero-order chi connectivity index (χ0) is 19.4. The Morgan fingerprint density at radius 2 is 1.85 bits per heavy atom. The molecule has 0 saturated heterocycles. The minimum absolute atomic E-state index is 0.169. The highest BCUT2D eigenvalue weighted by atomic mass is 32.2. The van der Waals surface area contributed by atoms with E-state index < -0.39 is 10.0 Å². The number of nitrogens with zero attached hydrogens (tertiary/aromatic N) is 1. The molecule has 0 unspecified atom stereocenters. The first-order valence-corrected chi connectivity index (χ1v) is 9.91. The molecule has 27 heavy (non-hydrogen) atoms. The van der Waals surface area contributed by atoms with Crippen LogP contribution in [0.4, 0.5) is 11.4 Å². The van der Waals surface area contributed by atoms with Crippen molar-refractivity contribution < 1.29 is 13.2 Å². The molecule has 0 aliphatic carbocycles.